The van der Waals surface area contributed by atoms with Gasteiger partial charge in [-0.3, -0.25) is 170 Å². The summed E-state index contributed by atoms with van der Waals surface area (Å²) in [5, 5.41) is 61.0. The quantitative estimate of drug-likeness (QED) is 0.00373. The molecule has 52 nitrogen and oxygen atoms in total. The maximum absolute atomic E-state index is 13.9. The van der Waals surface area contributed by atoms with E-state index in [1.165, 1.54) is 17.1 Å². The van der Waals surface area contributed by atoms with Crippen LogP contribution in [0.4, 0.5) is 23.2 Å². The number of hydrogen-bond donors (Lipinski definition) is 7. The van der Waals surface area contributed by atoms with Crippen LogP contribution in [-0.2, 0) is 131 Å². The number of imide groups is 1. The van der Waals surface area contributed by atoms with E-state index in [1.54, 1.807) is 46.4 Å². The fraction of sp³-hybridized carbons (Fsp3) is 0.607. The minimum absolute atomic E-state index is 0.0163. The summed E-state index contributed by atoms with van der Waals surface area (Å²) in [5.41, 5.74) is 1.55. The molecule has 0 aliphatic carbocycles. The summed E-state index contributed by atoms with van der Waals surface area (Å²) >= 11 is 4.65. The van der Waals surface area contributed by atoms with Gasteiger partial charge in [-0.1, -0.05) is 12.1 Å². The lowest BCUT2D eigenvalue weighted by molar-refractivity contribution is -0.141. The Morgan fingerprint density at radius 3 is 0.894 bits per heavy atom. The maximum Gasteiger partial charge on any atom is 0.325 e. The first kappa shape index (κ1) is 121. The average molecular weight is 2040 g/mol. The van der Waals surface area contributed by atoms with Gasteiger partial charge in [-0.2, -0.15) is 13.8 Å². The lowest BCUT2D eigenvalue weighted by Crippen LogP contribution is -2.53. The fourth-order valence-electron chi connectivity index (χ4n) is 14.4. The Morgan fingerprint density at radius 2 is 0.617 bits per heavy atom. The fourth-order valence-corrected chi connectivity index (χ4v) is 14.5. The summed E-state index contributed by atoms with van der Waals surface area (Å²) in [7, 11) is 0. The number of nitrogens with zero attached hydrogens (tertiary/aromatic N) is 18. The topological polar surface area (TPSA) is 591 Å². The molecule has 786 valence electrons. The molecule has 5 aliphatic rings. The lowest BCUT2D eigenvalue weighted by atomic mass is 10.0. The molecule has 3 amide bonds. The standard InChI is InChI=1S/C24H33N5O8S.C22H28F4N4O8.C22H34N6O9.C16H28N4O8/c30-18-36-16-26-5-6-27(17-37-19-31)9-10-29(14-24(34)35)22(12-28(8-7-26)13-23(32)33)11-20-1-3-21(4-2-20)25-15-38;23-16-9-17(24)21(26)22(20(16)25)38-19(35)11-28-2-1-27(10-18(33)34)3-5-29(12-36-14-31)7-8-30(6-4-28)13-37-15-32;29-17-36-15-26-9-7-24(13-19(31)23-3-4-28-20(32)1-2-21(28)33)5-6-25(14-22(34)35)8-10-27(12-11-26)16-37-18-30;21-13-27-11-19-5-3-17(9-15(23)24)1-2-18(10-16(25)26)4-6-20(8-7-19)12-28-14-22/h1-4,18-19,22H,5-14,16-17H2,(H,32,33)(H,34,35);9,14-15H,1-8,10-13H2,(H,33,34);1-2,17-18H,3-16H2,(H,23,31)(H,34,35);13-14H,1-12H2,(H,23,24)(H,25,26). The van der Waals surface area contributed by atoms with Gasteiger partial charge in [-0.25, -0.2) is 8.78 Å². The van der Waals surface area contributed by atoms with E-state index < -0.39 is 89.2 Å². The van der Waals surface area contributed by atoms with E-state index in [0.29, 0.717) is 215 Å². The van der Waals surface area contributed by atoms with Crippen molar-refractivity contribution in [3.8, 4) is 5.75 Å². The van der Waals surface area contributed by atoms with E-state index >= 15 is 0 Å². The first-order valence-electron chi connectivity index (χ1n) is 44.1. The maximum atomic E-state index is 13.9. The van der Waals surface area contributed by atoms with Crippen molar-refractivity contribution in [2.45, 2.75) is 12.5 Å². The lowest BCUT2D eigenvalue weighted by Gasteiger charge is -2.37. The zero-order valence-electron chi connectivity index (χ0n) is 77.8. The Morgan fingerprint density at radius 1 is 0.362 bits per heavy atom. The number of isothiocyanates is 1. The number of nitrogens with one attached hydrogen (secondary N) is 1. The molecular weight excluding hydrogens is 1910 g/mol. The number of carboxylic acids is 6. The largest absolute Gasteiger partial charge is 0.480 e. The molecule has 0 spiro atoms. The number of benzene rings is 2. The molecule has 5 aliphatic heterocycles. The summed E-state index contributed by atoms with van der Waals surface area (Å²) in [6, 6.07) is 6.93. The first-order chi connectivity index (χ1) is 67.7. The molecule has 0 radical (unpaired) electrons. The van der Waals surface area contributed by atoms with E-state index in [-0.39, 0.29) is 183 Å². The summed E-state index contributed by atoms with van der Waals surface area (Å²) in [5.74, 6) is -17.1. The molecule has 4 saturated heterocycles. The van der Waals surface area contributed by atoms with Gasteiger partial charge < -0.3 is 78.6 Å². The molecule has 141 heavy (non-hydrogen) atoms. The number of aliphatic imine (C=N–C) groups is 1. The van der Waals surface area contributed by atoms with Gasteiger partial charge in [0.1, 0.15) is 53.8 Å². The van der Waals surface area contributed by atoms with Crippen molar-refractivity contribution < 1.29 is 177 Å². The minimum atomic E-state index is -1.86. The Balaban J connectivity index is 0.000000395. The van der Waals surface area contributed by atoms with Crippen molar-refractivity contribution >= 4 is 134 Å². The molecule has 7 N–H and O–H groups in total. The third-order valence-electron chi connectivity index (χ3n) is 21.8. The monoisotopic (exact) mass is 2030 g/mol. The number of carboxylic acid groups (broad SMARTS) is 6. The van der Waals surface area contributed by atoms with E-state index in [4.69, 9.17) is 48.1 Å². The summed E-state index contributed by atoms with van der Waals surface area (Å²) in [4.78, 5) is 235. The van der Waals surface area contributed by atoms with Crippen molar-refractivity contribution in [3.63, 3.8) is 0 Å². The Labute approximate surface area is 813 Å². The van der Waals surface area contributed by atoms with Crippen LogP contribution < -0.4 is 10.1 Å². The molecule has 2 aromatic rings. The third kappa shape index (κ3) is 53.2. The van der Waals surface area contributed by atoms with E-state index in [2.05, 4.69) is 32.4 Å². The zero-order chi connectivity index (χ0) is 104. The molecular formula is C84H123F4N19O33S. The zero-order valence-corrected chi connectivity index (χ0v) is 78.6. The van der Waals surface area contributed by atoms with Gasteiger partial charge in [0.2, 0.25) is 23.3 Å². The third-order valence-corrected chi connectivity index (χ3v) is 21.9. The molecule has 0 bridgehead atoms. The molecule has 1 atom stereocenters. The SMILES string of the molecule is O=COCN1CCN(COC=O)CCN(CC(=O)NCCN2C(=O)C=CC2=O)CCN(CC(=O)O)CC1.O=COCN1CCN(COC=O)CCN(CC(=O)O)C(Cc2ccc(N=C=S)cc2)CN(CC(=O)O)CC1.O=COCN1CCN(COC=O)CCN(CC(=O)O)CCN(CC(=O)O)CC1.O=COCN1CCN(COC=O)CCN(CC(=O)Oc2c(F)c(F)cc(F)c2F)CCN(CC(=O)O)CC1. The Kier molecular flexibility index (Phi) is 61.1. The van der Waals surface area contributed by atoms with Crippen LogP contribution >= 0.6 is 12.2 Å². The molecule has 1 unspecified atom stereocenters. The smallest absolute Gasteiger partial charge is 0.325 e. The second kappa shape index (κ2) is 71.2. The molecule has 0 saturated carbocycles. The average Bonchev–Trinajstić information content (AvgIpc) is 1.06. The van der Waals surface area contributed by atoms with Crippen LogP contribution in [0.15, 0.2) is 47.5 Å². The van der Waals surface area contributed by atoms with Gasteiger partial charge in [0.15, 0.2) is 11.6 Å². The number of halogens is 4. The first-order valence-corrected chi connectivity index (χ1v) is 44.5. The molecule has 7 rings (SSSR count). The molecule has 2 aromatic carbocycles. The number of amides is 3. The molecule has 5 heterocycles. The van der Waals surface area contributed by atoms with Gasteiger partial charge in [0.05, 0.1) is 63.2 Å². The van der Waals surface area contributed by atoms with Crippen LogP contribution in [0, 0.1) is 23.3 Å². The highest BCUT2D eigenvalue weighted by molar-refractivity contribution is 7.78. The van der Waals surface area contributed by atoms with Crippen LogP contribution in [0.1, 0.15) is 5.56 Å². The molecule has 57 heteroatoms. The minimum Gasteiger partial charge on any atom is -0.480 e. The predicted octanol–water partition coefficient (Wildman–Crippen LogP) is -6.07. The van der Waals surface area contributed by atoms with Gasteiger partial charge in [0, 0.05) is 240 Å². The van der Waals surface area contributed by atoms with Crippen LogP contribution in [0.25, 0.3) is 0 Å². The number of hydrogen-bond acceptors (Lipinski definition) is 45. The van der Waals surface area contributed by atoms with E-state index in [9.17, 15) is 124 Å². The number of rotatable bonds is 47. The van der Waals surface area contributed by atoms with Crippen LogP contribution in [-0.4, -0.2) is 559 Å². The van der Waals surface area contributed by atoms with E-state index in [0.717, 1.165) is 10.5 Å². The van der Waals surface area contributed by atoms with Crippen molar-refractivity contribution in [3.05, 3.63) is 71.3 Å². The van der Waals surface area contributed by atoms with Crippen molar-refractivity contribution in [2.75, 3.05) is 322 Å². The second-order valence-corrected chi connectivity index (χ2v) is 32.0. The number of aliphatic carboxylic acids is 6. The Bertz CT molecular complexity index is 4240. The van der Waals surface area contributed by atoms with Gasteiger partial charge in [-0.15, -0.1) is 0 Å². The number of esters is 1. The number of ether oxygens (including phenoxy) is 9. The molecule has 0 aromatic heterocycles. The summed E-state index contributed by atoms with van der Waals surface area (Å²) in [6.45, 7) is 12.5. The van der Waals surface area contributed by atoms with E-state index in [1.807, 2.05) is 51.3 Å². The number of carbonyl (C=O) groups is 18. The molecule has 4 fully saturated rings. The Hall–Kier alpha value is -12.3. The van der Waals surface area contributed by atoms with Crippen LogP contribution in [0.3, 0.4) is 0 Å². The predicted molar refractivity (Wildman–Crippen MR) is 481 cm³/mol. The van der Waals surface area contributed by atoms with Crippen molar-refractivity contribution in [2.24, 2.45) is 4.99 Å². The second-order valence-electron chi connectivity index (χ2n) is 31.8. The van der Waals surface area contributed by atoms with Crippen molar-refractivity contribution in [1.82, 2.24) is 88.6 Å². The summed E-state index contributed by atoms with van der Waals surface area (Å²) < 4.78 is 98.3. The number of carbonyl (C=O) groups excluding carboxylic acids is 12. The van der Waals surface area contributed by atoms with Gasteiger partial charge in [0.25, 0.3) is 63.6 Å². The normalized spacial score (nSPS) is 18.5. The van der Waals surface area contributed by atoms with Gasteiger partial charge in [-0.05, 0) is 36.3 Å². The highest BCUT2D eigenvalue weighted by Gasteiger charge is 2.32. The van der Waals surface area contributed by atoms with Crippen LogP contribution in [0.5, 0.6) is 5.75 Å². The summed E-state index contributed by atoms with van der Waals surface area (Å²) in [6.07, 6.45) is 2.81. The van der Waals surface area contributed by atoms with Crippen LogP contribution in [0.2, 0.25) is 0 Å². The van der Waals surface area contributed by atoms with Gasteiger partial charge >= 0.3 is 41.8 Å². The highest BCUT2D eigenvalue weighted by Crippen LogP contribution is 2.27. The highest BCUT2D eigenvalue weighted by atomic mass is 32.1. The number of thiocarbonyl (C=S) groups is 1. The van der Waals surface area contributed by atoms with Crippen molar-refractivity contribution in [1.29, 1.82) is 0 Å².